The van der Waals surface area contributed by atoms with Crippen molar-refractivity contribution in [2.75, 3.05) is 5.75 Å². The molecule has 0 saturated carbocycles. The van der Waals surface area contributed by atoms with Crippen LogP contribution in [0.1, 0.15) is 14.8 Å². The van der Waals surface area contributed by atoms with Crippen LogP contribution in [0.15, 0.2) is 0 Å². The first-order valence-corrected chi connectivity index (χ1v) is 4.12. The fraction of sp³-hybridized carbons (Fsp3) is 1.00. The van der Waals surface area contributed by atoms with Crippen molar-refractivity contribution >= 4 is 23.0 Å². The summed E-state index contributed by atoms with van der Waals surface area (Å²) in [6, 6.07) is 0. The van der Waals surface area contributed by atoms with Gasteiger partial charge in [-0.2, -0.15) is 8.42 Å². The van der Waals surface area contributed by atoms with Gasteiger partial charge in [0.1, 0.15) is 0 Å². The minimum atomic E-state index is -3.31. The number of thiol groups is 1. The van der Waals surface area contributed by atoms with E-state index in [-0.39, 0.29) is 36.7 Å². The van der Waals surface area contributed by atoms with E-state index in [1.807, 2.05) is 0 Å². The summed E-state index contributed by atoms with van der Waals surface area (Å²) in [6.07, 6.45) is 0.558. The summed E-state index contributed by atoms with van der Waals surface area (Å²) in [5, 5.41) is 0. The Morgan fingerprint density at radius 3 is 2.22 bits per heavy atom. The monoisotopic (exact) mass is 180 g/mol. The Balaban J connectivity index is -0.000000245. The van der Waals surface area contributed by atoms with Crippen molar-refractivity contribution in [2.45, 2.75) is 13.3 Å². The molecular formula is C3H9NaO3S2. The SMILES string of the molecule is CCCS(=O)(=O)OS.[H-].[Na+]. The van der Waals surface area contributed by atoms with Gasteiger partial charge in [-0.05, 0) is 19.3 Å². The van der Waals surface area contributed by atoms with Gasteiger partial charge in [-0.1, -0.05) is 6.92 Å². The van der Waals surface area contributed by atoms with Crippen LogP contribution in [0.25, 0.3) is 0 Å². The van der Waals surface area contributed by atoms with E-state index in [9.17, 15) is 8.42 Å². The molecule has 0 aromatic rings. The largest absolute Gasteiger partial charge is 1.00 e. The second-order valence-electron chi connectivity index (χ2n) is 1.34. The van der Waals surface area contributed by atoms with Crippen LogP contribution in [0, 0.1) is 0 Å². The van der Waals surface area contributed by atoms with Crippen LogP contribution >= 0.6 is 12.9 Å². The molecule has 9 heavy (non-hydrogen) atoms. The topological polar surface area (TPSA) is 43.4 Å². The molecule has 6 heteroatoms. The van der Waals surface area contributed by atoms with E-state index in [1.165, 1.54) is 0 Å². The maximum atomic E-state index is 10.3. The standard InChI is InChI=1S/C3H8O3S2.Na.H/c1-2-3-8(4,5)6-7;;/h7H,2-3H2,1H3;;/q;+1;-1. The average molecular weight is 180 g/mol. The third-order valence-electron chi connectivity index (χ3n) is 0.568. The average Bonchev–Trinajstić information content (AvgIpc) is 1.67. The molecular weight excluding hydrogens is 171 g/mol. The molecule has 0 atom stereocenters. The first-order chi connectivity index (χ1) is 3.62. The van der Waals surface area contributed by atoms with Crippen molar-refractivity contribution < 1.29 is 43.0 Å². The second kappa shape index (κ2) is 6.00. The van der Waals surface area contributed by atoms with Crippen molar-refractivity contribution in [3.63, 3.8) is 0 Å². The first kappa shape index (κ1) is 12.9. The van der Waals surface area contributed by atoms with Gasteiger partial charge in [-0.25, -0.2) is 3.63 Å². The molecule has 0 rings (SSSR count). The van der Waals surface area contributed by atoms with E-state index in [0.29, 0.717) is 6.42 Å². The molecule has 0 N–H and O–H groups in total. The van der Waals surface area contributed by atoms with Gasteiger partial charge in [0.2, 0.25) is 0 Å². The van der Waals surface area contributed by atoms with Crippen LogP contribution in [-0.2, 0) is 13.7 Å². The maximum absolute atomic E-state index is 10.3. The van der Waals surface area contributed by atoms with Gasteiger partial charge in [-0.3, -0.25) is 0 Å². The molecule has 52 valence electrons. The van der Waals surface area contributed by atoms with Crippen LogP contribution < -0.4 is 29.6 Å². The predicted octanol–water partition coefficient (Wildman–Crippen LogP) is -2.30. The molecule has 0 aromatic carbocycles. The molecule has 0 spiro atoms. The summed E-state index contributed by atoms with van der Waals surface area (Å²) in [7, 11) is -3.31. The van der Waals surface area contributed by atoms with Crippen molar-refractivity contribution in [1.82, 2.24) is 0 Å². The third kappa shape index (κ3) is 7.15. The zero-order chi connectivity index (χ0) is 6.62. The van der Waals surface area contributed by atoms with E-state index < -0.39 is 10.1 Å². The Morgan fingerprint density at radius 1 is 1.67 bits per heavy atom. The Labute approximate surface area is 84.7 Å². The van der Waals surface area contributed by atoms with Crippen molar-refractivity contribution in [3.8, 4) is 0 Å². The first-order valence-electron chi connectivity index (χ1n) is 2.18. The summed E-state index contributed by atoms with van der Waals surface area (Å²) in [5.74, 6) is 0.0382. The third-order valence-corrected chi connectivity index (χ3v) is 2.38. The molecule has 0 aliphatic rings. The number of hydrogen-bond donors (Lipinski definition) is 1. The van der Waals surface area contributed by atoms with Gasteiger partial charge in [-0.15, -0.1) is 0 Å². The zero-order valence-corrected chi connectivity index (χ0v) is 9.21. The van der Waals surface area contributed by atoms with Gasteiger partial charge >= 0.3 is 29.6 Å². The molecule has 0 heterocycles. The molecule has 0 amide bonds. The van der Waals surface area contributed by atoms with Crippen molar-refractivity contribution in [2.24, 2.45) is 0 Å². The molecule has 0 aliphatic heterocycles. The summed E-state index contributed by atoms with van der Waals surface area (Å²) < 4.78 is 24.4. The molecule has 0 aliphatic carbocycles. The van der Waals surface area contributed by atoms with Crippen molar-refractivity contribution in [3.05, 3.63) is 0 Å². The Hall–Kier alpha value is 1.26. The van der Waals surface area contributed by atoms with Gasteiger partial charge in [0.05, 0.1) is 5.75 Å². The quantitative estimate of drug-likeness (QED) is 0.302. The van der Waals surface area contributed by atoms with E-state index in [1.54, 1.807) is 6.92 Å². The smallest absolute Gasteiger partial charge is 1.00 e. The summed E-state index contributed by atoms with van der Waals surface area (Å²) in [4.78, 5) is 0. The van der Waals surface area contributed by atoms with Crippen LogP contribution in [0.2, 0.25) is 0 Å². The fourth-order valence-electron chi connectivity index (χ4n) is 0.287. The molecule has 0 aromatic heterocycles. The molecule has 0 fully saturated rings. The molecule has 0 saturated heterocycles. The summed E-state index contributed by atoms with van der Waals surface area (Å²) in [6.45, 7) is 1.75. The minimum Gasteiger partial charge on any atom is -1.00 e. The summed E-state index contributed by atoms with van der Waals surface area (Å²) >= 11 is 3.15. The molecule has 0 unspecified atom stereocenters. The van der Waals surface area contributed by atoms with E-state index >= 15 is 0 Å². The Kier molecular flexibility index (Phi) is 8.60. The Morgan fingerprint density at radius 2 is 2.11 bits per heavy atom. The second-order valence-corrected chi connectivity index (χ2v) is 3.46. The predicted molar refractivity (Wildman–Crippen MR) is 35.3 cm³/mol. The van der Waals surface area contributed by atoms with Crippen LogP contribution in [0.5, 0.6) is 0 Å². The van der Waals surface area contributed by atoms with Gasteiger partial charge in [0.25, 0.3) is 10.1 Å². The van der Waals surface area contributed by atoms with Gasteiger partial charge in [0.15, 0.2) is 0 Å². The van der Waals surface area contributed by atoms with E-state index in [4.69, 9.17) is 0 Å². The van der Waals surface area contributed by atoms with E-state index in [0.717, 1.165) is 0 Å². The number of hydrogen-bond acceptors (Lipinski definition) is 4. The zero-order valence-electron chi connectivity index (χ0n) is 6.49. The van der Waals surface area contributed by atoms with Gasteiger partial charge in [0, 0.05) is 0 Å². The Bertz CT molecular complexity index is 146. The van der Waals surface area contributed by atoms with Crippen LogP contribution in [0.4, 0.5) is 0 Å². The van der Waals surface area contributed by atoms with Crippen LogP contribution in [-0.4, -0.2) is 14.2 Å². The van der Waals surface area contributed by atoms with Gasteiger partial charge < -0.3 is 1.43 Å². The molecule has 0 bridgehead atoms. The normalized spacial score (nSPS) is 10.4. The summed E-state index contributed by atoms with van der Waals surface area (Å²) in [5.41, 5.74) is 0. The minimum absolute atomic E-state index is 0. The fourth-order valence-corrected chi connectivity index (χ4v) is 1.09. The molecule has 0 radical (unpaired) electrons. The maximum Gasteiger partial charge on any atom is 1.00 e. The van der Waals surface area contributed by atoms with E-state index in [2.05, 4.69) is 16.5 Å². The van der Waals surface area contributed by atoms with Crippen molar-refractivity contribution in [1.29, 1.82) is 0 Å². The number of rotatable bonds is 3. The van der Waals surface area contributed by atoms with Crippen LogP contribution in [0.3, 0.4) is 0 Å². The molecule has 3 nitrogen and oxygen atoms in total.